The van der Waals surface area contributed by atoms with E-state index in [0.717, 1.165) is 17.4 Å². The topological polar surface area (TPSA) is 90.2 Å². The molecule has 14 heteroatoms. The molecule has 1 fully saturated rings. The van der Waals surface area contributed by atoms with E-state index < -0.39 is 41.3 Å². The first-order chi connectivity index (χ1) is 18.4. The van der Waals surface area contributed by atoms with Crippen molar-refractivity contribution in [1.82, 2.24) is 10.3 Å². The minimum Gasteiger partial charge on any atom is -0.492 e. The zero-order chi connectivity index (χ0) is 27.9. The van der Waals surface area contributed by atoms with E-state index in [2.05, 4.69) is 20.5 Å². The lowest BCUT2D eigenvalue weighted by molar-refractivity contribution is -0.143. The maximum Gasteiger partial charge on any atom is 0.416 e. The summed E-state index contributed by atoms with van der Waals surface area (Å²) in [6.07, 6.45) is -8.80. The molecule has 0 unspecified atom stereocenters. The van der Waals surface area contributed by atoms with Crippen molar-refractivity contribution in [3.8, 4) is 5.88 Å². The molecule has 5 rings (SSSR count). The number of nitrogens with zero attached hydrogens (tertiary/aromatic N) is 4. The molecular weight excluding hydrogens is 548 g/mol. The summed E-state index contributed by atoms with van der Waals surface area (Å²) in [4.78, 5) is 17.9. The number of aromatic hydroxyl groups is 1. The molecule has 3 aromatic rings. The lowest BCUT2D eigenvalue weighted by Gasteiger charge is -2.18. The second-order valence-corrected chi connectivity index (χ2v) is 9.85. The highest BCUT2D eigenvalue weighted by atomic mass is 32.1. The number of alkyl halides is 6. The molecule has 0 spiro atoms. The quantitative estimate of drug-likeness (QED) is 0.472. The Morgan fingerprint density at radius 1 is 1.05 bits per heavy atom. The molecule has 2 aliphatic heterocycles. The average Bonchev–Trinajstić information content (AvgIpc) is 3.43. The highest BCUT2D eigenvalue weighted by molar-refractivity contribution is 7.17. The van der Waals surface area contributed by atoms with Crippen molar-refractivity contribution in [3.05, 3.63) is 74.1 Å². The number of rotatable bonds is 4. The van der Waals surface area contributed by atoms with Crippen LogP contribution in [0.1, 0.15) is 33.6 Å². The second-order valence-electron chi connectivity index (χ2n) is 8.88. The van der Waals surface area contributed by atoms with Gasteiger partial charge in [0.1, 0.15) is 0 Å². The minimum absolute atomic E-state index is 0.0976. The molecule has 0 saturated carbocycles. The number of anilines is 1. The predicted octanol–water partition coefficient (Wildman–Crippen LogP) is 3.62. The van der Waals surface area contributed by atoms with Gasteiger partial charge in [0.2, 0.25) is 11.8 Å². The number of thiazole rings is 1. The van der Waals surface area contributed by atoms with Crippen molar-refractivity contribution in [3.63, 3.8) is 0 Å². The van der Waals surface area contributed by atoms with Crippen molar-refractivity contribution in [2.24, 2.45) is 10.2 Å². The molecule has 0 bridgehead atoms. The number of halogens is 6. The van der Waals surface area contributed by atoms with Crippen LogP contribution in [0.4, 0.5) is 31.5 Å². The van der Waals surface area contributed by atoms with Gasteiger partial charge in [-0.1, -0.05) is 23.5 Å². The third-order valence-corrected chi connectivity index (χ3v) is 7.47. The van der Waals surface area contributed by atoms with Crippen LogP contribution in [0.5, 0.6) is 5.88 Å². The van der Waals surface area contributed by atoms with Crippen LogP contribution in [0.25, 0.3) is 5.57 Å². The van der Waals surface area contributed by atoms with E-state index in [9.17, 15) is 36.2 Å². The predicted molar refractivity (Wildman–Crippen MR) is 131 cm³/mol. The molecule has 39 heavy (non-hydrogen) atoms. The van der Waals surface area contributed by atoms with E-state index in [1.165, 1.54) is 6.21 Å². The van der Waals surface area contributed by atoms with Crippen molar-refractivity contribution in [2.45, 2.75) is 25.2 Å². The fourth-order valence-electron chi connectivity index (χ4n) is 4.36. The standard InChI is InChI=1S/C25H19F6N5O2S/c26-24(27,28)16-3-1-14(18(11-16)25(29,30)31)10-17(13-2-4-19-15(9-13)12-33-35-19)21-22(38)34-23(39-21)36-7-5-20(37)32-6-8-36/h1-4,9,11-12,38H,5-8,10H2,(H,32,37). The number of benzene rings is 2. The molecule has 1 amide bonds. The molecule has 2 aliphatic rings. The largest absolute Gasteiger partial charge is 0.492 e. The van der Waals surface area contributed by atoms with Gasteiger partial charge in [0.15, 0.2) is 5.13 Å². The summed E-state index contributed by atoms with van der Waals surface area (Å²) in [7, 11) is 0. The Kier molecular flexibility index (Phi) is 6.83. The van der Waals surface area contributed by atoms with Crippen LogP contribution >= 0.6 is 11.3 Å². The SMILES string of the molecule is O=C1CCN(c2nc(O)c(C(Cc3ccc(C(F)(F)F)cc3C(F)(F)F)=c3ccc4c(c3)C=NN=4)s2)CCN1. The third kappa shape index (κ3) is 5.60. The fraction of sp³-hybridized carbons (Fsp3) is 0.280. The van der Waals surface area contributed by atoms with Crippen LogP contribution in [0.3, 0.4) is 0 Å². The molecule has 0 aliphatic carbocycles. The van der Waals surface area contributed by atoms with E-state index in [1.807, 2.05) is 0 Å². The molecule has 1 saturated heterocycles. The Morgan fingerprint density at radius 3 is 2.59 bits per heavy atom. The van der Waals surface area contributed by atoms with Gasteiger partial charge in [-0.05, 0) is 40.6 Å². The maximum absolute atomic E-state index is 13.9. The Labute approximate surface area is 220 Å². The van der Waals surface area contributed by atoms with Crippen molar-refractivity contribution in [2.75, 3.05) is 24.5 Å². The Hall–Kier alpha value is -3.94. The fourth-order valence-corrected chi connectivity index (χ4v) is 5.43. The van der Waals surface area contributed by atoms with Gasteiger partial charge in [0.25, 0.3) is 0 Å². The smallest absolute Gasteiger partial charge is 0.416 e. The number of hydrogen-bond acceptors (Lipinski definition) is 7. The van der Waals surface area contributed by atoms with Crippen molar-refractivity contribution in [1.29, 1.82) is 0 Å². The van der Waals surface area contributed by atoms with E-state index >= 15 is 0 Å². The summed E-state index contributed by atoms with van der Waals surface area (Å²) in [5.41, 5.74) is -2.41. The van der Waals surface area contributed by atoms with Gasteiger partial charge in [-0.25, -0.2) is 0 Å². The van der Waals surface area contributed by atoms with E-state index in [4.69, 9.17) is 0 Å². The molecule has 2 aromatic carbocycles. The Balaban J connectivity index is 1.65. The third-order valence-electron chi connectivity index (χ3n) is 6.30. The summed E-state index contributed by atoms with van der Waals surface area (Å²) in [5.74, 6) is -0.578. The maximum atomic E-state index is 13.9. The molecule has 2 N–H and O–H groups in total. The number of hydrogen-bond donors (Lipinski definition) is 2. The van der Waals surface area contributed by atoms with Crippen LogP contribution in [0, 0.1) is 0 Å². The number of nitrogens with one attached hydrogen (secondary N) is 1. The highest BCUT2D eigenvalue weighted by Crippen LogP contribution is 2.41. The first-order valence-corrected chi connectivity index (χ1v) is 12.5. The highest BCUT2D eigenvalue weighted by Gasteiger charge is 2.38. The average molecular weight is 568 g/mol. The number of aromatic nitrogens is 1. The Morgan fingerprint density at radius 2 is 1.85 bits per heavy atom. The van der Waals surface area contributed by atoms with Gasteiger partial charge in [-0.15, -0.1) is 0 Å². The summed E-state index contributed by atoms with van der Waals surface area (Å²) in [5, 5.41) is 22.6. The van der Waals surface area contributed by atoms with Gasteiger partial charge in [0, 0.05) is 38.0 Å². The summed E-state index contributed by atoms with van der Waals surface area (Å²) in [6, 6.07) is 6.35. The van der Waals surface area contributed by atoms with Gasteiger partial charge in [-0.3, -0.25) is 4.79 Å². The summed E-state index contributed by atoms with van der Waals surface area (Å²) < 4.78 is 81.5. The van der Waals surface area contributed by atoms with Crippen LogP contribution in [-0.4, -0.2) is 41.8 Å². The molecular formula is C25H19F6N5O2S. The van der Waals surface area contributed by atoms with E-state index in [0.29, 0.717) is 47.0 Å². The molecule has 7 nitrogen and oxygen atoms in total. The first-order valence-electron chi connectivity index (χ1n) is 11.6. The summed E-state index contributed by atoms with van der Waals surface area (Å²) >= 11 is 1.02. The van der Waals surface area contributed by atoms with Crippen molar-refractivity contribution >= 4 is 34.2 Å². The number of carbonyl (C=O) groups is 1. The van der Waals surface area contributed by atoms with Crippen LogP contribution in [-0.2, 0) is 23.6 Å². The van der Waals surface area contributed by atoms with Crippen LogP contribution in [0.15, 0.2) is 46.6 Å². The lowest BCUT2D eigenvalue weighted by atomic mass is 9.94. The molecule has 3 heterocycles. The molecule has 1 aromatic heterocycles. The lowest BCUT2D eigenvalue weighted by Crippen LogP contribution is -2.28. The van der Waals surface area contributed by atoms with Crippen molar-refractivity contribution < 1.29 is 36.2 Å². The molecule has 204 valence electrons. The number of fused-ring (bicyclic) bond motifs is 1. The molecule has 0 radical (unpaired) electrons. The minimum atomic E-state index is -5.06. The summed E-state index contributed by atoms with van der Waals surface area (Å²) in [6.45, 7) is 1.07. The second kappa shape index (κ2) is 9.98. The number of amides is 1. The zero-order valence-corrected chi connectivity index (χ0v) is 20.7. The van der Waals surface area contributed by atoms with E-state index in [1.54, 1.807) is 23.1 Å². The normalized spacial score (nSPS) is 16.5. The van der Waals surface area contributed by atoms with Gasteiger partial charge in [0.05, 0.1) is 27.6 Å². The van der Waals surface area contributed by atoms with Crippen LogP contribution in [0.2, 0.25) is 0 Å². The first kappa shape index (κ1) is 26.7. The van der Waals surface area contributed by atoms with Gasteiger partial charge >= 0.3 is 12.4 Å². The zero-order valence-electron chi connectivity index (χ0n) is 19.9. The monoisotopic (exact) mass is 567 g/mol. The van der Waals surface area contributed by atoms with Gasteiger partial charge < -0.3 is 15.3 Å². The van der Waals surface area contributed by atoms with Gasteiger partial charge in [-0.2, -0.15) is 41.5 Å². The van der Waals surface area contributed by atoms with E-state index in [-0.39, 0.29) is 28.8 Å². The van der Waals surface area contributed by atoms with Crippen LogP contribution < -0.4 is 20.8 Å². The number of carbonyl (C=O) groups excluding carboxylic acids is 1. The molecule has 0 atom stereocenters. The Bertz CT molecular complexity index is 1600.